The van der Waals surface area contributed by atoms with Crippen molar-refractivity contribution in [3.8, 4) is 5.75 Å². The first kappa shape index (κ1) is 62.0. The molecular weight excluding hydrogens is 981 g/mol. The Labute approximate surface area is 437 Å². The normalized spacial score (nSPS) is 29.0. The maximum atomic E-state index is 14.5. The van der Waals surface area contributed by atoms with Crippen LogP contribution in [0.15, 0.2) is 24.3 Å². The number of amides is 8. The highest BCUT2D eigenvalue weighted by Crippen LogP contribution is 2.28. The van der Waals surface area contributed by atoms with Crippen molar-refractivity contribution in [2.24, 2.45) is 23.5 Å². The van der Waals surface area contributed by atoms with Gasteiger partial charge in [-0.05, 0) is 61.6 Å². The van der Waals surface area contributed by atoms with Crippen LogP contribution in [-0.2, 0) is 38.4 Å². The Balaban J connectivity index is 1.69. The van der Waals surface area contributed by atoms with Crippen LogP contribution >= 0.6 is 0 Å². The van der Waals surface area contributed by atoms with Gasteiger partial charge in [-0.2, -0.15) is 0 Å². The number of benzene rings is 1. The monoisotopic (exact) mass is 1060 g/mol. The molecule has 3 saturated heterocycles. The first-order valence-corrected chi connectivity index (χ1v) is 26.3. The Morgan fingerprint density at radius 3 is 1.89 bits per heavy atom. The SMILES string of the molecule is CCC(C)CC(C)CCCCCCCCC(=O)NC1C[C@@H](O)[C@@H](O)NC(=O)[C@@H]2C[C@@H](C)CN2C(=O)[C@H]([C@H](O)CC(N)=O)NC(=O)[C@H]([C@H](O)[C@@H](O)c2ccc(O)cc2)NC(=O)[C@@H]2C[C@@H](O)CN2C(=O)[C@H]([C@@H](C)O)NC1=O. The number of nitrogens with one attached hydrogen (secondary N) is 5. The minimum atomic E-state index is -2.32. The van der Waals surface area contributed by atoms with Gasteiger partial charge in [0.15, 0.2) is 6.23 Å². The second kappa shape index (κ2) is 29.1. The van der Waals surface area contributed by atoms with Crippen LogP contribution in [0.25, 0.3) is 0 Å². The summed E-state index contributed by atoms with van der Waals surface area (Å²) in [5.74, 6) is -8.34. The van der Waals surface area contributed by atoms with Crippen molar-refractivity contribution in [1.29, 1.82) is 0 Å². The second-order valence-electron chi connectivity index (χ2n) is 21.1. The molecule has 1 aromatic rings. The van der Waals surface area contributed by atoms with Crippen molar-refractivity contribution in [2.75, 3.05) is 13.1 Å². The smallest absolute Gasteiger partial charge is 0.248 e. The molecule has 3 aliphatic heterocycles. The van der Waals surface area contributed by atoms with Crippen LogP contribution in [0.1, 0.15) is 136 Å². The van der Waals surface area contributed by atoms with Gasteiger partial charge < -0.3 is 83.0 Å². The highest BCUT2D eigenvalue weighted by molar-refractivity contribution is 5.98. The number of fused-ring (bicyclic) bond motifs is 2. The van der Waals surface area contributed by atoms with Gasteiger partial charge in [-0.3, -0.25) is 38.4 Å². The van der Waals surface area contributed by atoms with E-state index in [2.05, 4.69) is 47.4 Å². The second-order valence-corrected chi connectivity index (χ2v) is 21.1. The fraction of sp³-hybridized carbons (Fsp3) is 0.725. The summed E-state index contributed by atoms with van der Waals surface area (Å²) < 4.78 is 0. The molecule has 24 nitrogen and oxygen atoms in total. The first-order chi connectivity index (χ1) is 35.3. The van der Waals surface area contributed by atoms with E-state index in [1.54, 1.807) is 6.92 Å². The number of phenolic OH excluding ortho intramolecular Hbond substituents is 1. The zero-order chi connectivity index (χ0) is 55.8. The summed E-state index contributed by atoms with van der Waals surface area (Å²) in [6.45, 7) is 8.73. The number of rotatable bonds is 20. The molecule has 3 aliphatic rings. The van der Waals surface area contributed by atoms with Gasteiger partial charge in [-0.25, -0.2) is 0 Å². The fourth-order valence-electron chi connectivity index (χ4n) is 10.0. The lowest BCUT2D eigenvalue weighted by Crippen LogP contribution is -2.64. The van der Waals surface area contributed by atoms with Gasteiger partial charge in [0.1, 0.15) is 60.3 Å². The number of aromatic hydroxyl groups is 1. The molecule has 3 heterocycles. The number of nitrogens with zero attached hydrogens (tertiary/aromatic N) is 2. The van der Waals surface area contributed by atoms with Crippen LogP contribution in [0.3, 0.4) is 0 Å². The van der Waals surface area contributed by atoms with E-state index in [1.807, 2.05) is 0 Å². The standard InChI is InChI=1S/C51H82N8O16/c1-6-26(2)19-27(3)13-11-9-7-8-10-12-14-39(66)53-33-22-37(64)48(72)57-47(71)34-20-28(4)24-58(34)51(75)41(36(63)23-38(52)65)55-49(73)42(44(68)43(67)30-15-17-31(61)18-16-30)56-46(70)35-21-32(62)25-59(35)50(74)40(29(5)60)54-45(33)69/h15-18,26-29,32-37,40-44,48,60-64,67-68,72H,6-14,19-25H2,1-5H3,(H2,52,65)(H,53,66)(H,54,69)(H,55,73)(H,56,70)(H,57,71)/t26?,27?,28-,29-,32-,33?,34+,35+,36-,37-,40+,41+,42+,43+,44+,48-/m1/s1. The highest BCUT2D eigenvalue weighted by Gasteiger charge is 2.48. The molecule has 1 aromatic carbocycles. The summed E-state index contributed by atoms with van der Waals surface area (Å²) in [6.07, 6.45) is -7.54. The lowest BCUT2D eigenvalue weighted by atomic mass is 9.91. The van der Waals surface area contributed by atoms with Gasteiger partial charge in [0.2, 0.25) is 47.3 Å². The molecule has 24 heteroatoms. The largest absolute Gasteiger partial charge is 0.508 e. The number of carbonyl (C=O) groups excluding carboxylic acids is 8. The molecule has 15 N–H and O–H groups in total. The Morgan fingerprint density at radius 2 is 1.27 bits per heavy atom. The predicted octanol–water partition coefficient (Wildman–Crippen LogP) is -2.07. The van der Waals surface area contributed by atoms with Crippen molar-refractivity contribution in [2.45, 2.75) is 204 Å². The number of phenols is 1. The molecule has 4 rings (SSSR count). The Kier molecular flexibility index (Phi) is 24.1. The predicted molar refractivity (Wildman–Crippen MR) is 269 cm³/mol. The minimum Gasteiger partial charge on any atom is -0.508 e. The quantitative estimate of drug-likeness (QED) is 0.0624. The van der Waals surface area contributed by atoms with E-state index in [0.717, 1.165) is 67.4 Å². The van der Waals surface area contributed by atoms with Gasteiger partial charge in [0, 0.05) is 32.4 Å². The van der Waals surface area contributed by atoms with E-state index < -0.39 is 158 Å². The Morgan fingerprint density at radius 1 is 0.707 bits per heavy atom. The number of unbranched alkanes of at least 4 members (excludes halogenated alkanes) is 5. The molecule has 3 fully saturated rings. The molecule has 8 amide bonds. The number of nitrogens with two attached hydrogens (primary N) is 1. The third-order valence-corrected chi connectivity index (χ3v) is 14.5. The number of hydrogen-bond acceptors (Lipinski definition) is 16. The summed E-state index contributed by atoms with van der Waals surface area (Å²) in [5.41, 5.74) is 5.28. The summed E-state index contributed by atoms with van der Waals surface area (Å²) in [5, 5.41) is 100.0. The molecule has 422 valence electrons. The van der Waals surface area contributed by atoms with Crippen LogP contribution in [-0.4, -0.2) is 184 Å². The van der Waals surface area contributed by atoms with Crippen molar-refractivity contribution in [3.05, 3.63) is 29.8 Å². The third-order valence-electron chi connectivity index (χ3n) is 14.5. The van der Waals surface area contributed by atoms with Gasteiger partial charge in [0.25, 0.3) is 0 Å². The van der Waals surface area contributed by atoms with Crippen LogP contribution < -0.4 is 32.3 Å². The van der Waals surface area contributed by atoms with E-state index >= 15 is 0 Å². The van der Waals surface area contributed by atoms with Gasteiger partial charge >= 0.3 is 0 Å². The van der Waals surface area contributed by atoms with E-state index in [-0.39, 0.29) is 30.7 Å². The molecule has 16 atom stereocenters. The Hall–Kier alpha value is -5.50. The molecule has 0 bridgehead atoms. The first-order valence-electron chi connectivity index (χ1n) is 26.3. The maximum absolute atomic E-state index is 14.5. The molecule has 3 unspecified atom stereocenters. The van der Waals surface area contributed by atoms with Crippen molar-refractivity contribution in [1.82, 2.24) is 36.4 Å². The minimum absolute atomic E-state index is 0.0514. The van der Waals surface area contributed by atoms with Gasteiger partial charge in [-0.1, -0.05) is 84.8 Å². The fourth-order valence-corrected chi connectivity index (χ4v) is 10.0. The molecule has 75 heavy (non-hydrogen) atoms. The summed E-state index contributed by atoms with van der Waals surface area (Å²) >= 11 is 0. The summed E-state index contributed by atoms with van der Waals surface area (Å²) in [6, 6.07) is -6.57. The zero-order valence-corrected chi connectivity index (χ0v) is 43.7. The number of hydrogen-bond donors (Lipinski definition) is 14. The molecular formula is C51H82N8O16. The van der Waals surface area contributed by atoms with Crippen molar-refractivity contribution < 1.29 is 79.2 Å². The summed E-state index contributed by atoms with van der Waals surface area (Å²) in [7, 11) is 0. The number of aliphatic hydroxyl groups is 7. The van der Waals surface area contributed by atoms with Crippen LogP contribution in [0.5, 0.6) is 5.75 Å². The van der Waals surface area contributed by atoms with Crippen molar-refractivity contribution in [3.63, 3.8) is 0 Å². The van der Waals surface area contributed by atoms with E-state index in [9.17, 15) is 79.2 Å². The summed E-state index contributed by atoms with van der Waals surface area (Å²) in [4.78, 5) is 113. The van der Waals surface area contributed by atoms with Crippen LogP contribution in [0.2, 0.25) is 0 Å². The van der Waals surface area contributed by atoms with Crippen molar-refractivity contribution >= 4 is 47.3 Å². The highest BCUT2D eigenvalue weighted by atomic mass is 16.3. The molecule has 0 aliphatic carbocycles. The maximum Gasteiger partial charge on any atom is 0.248 e. The molecule has 0 aromatic heterocycles. The Bertz CT molecular complexity index is 2100. The van der Waals surface area contributed by atoms with Gasteiger partial charge in [-0.15, -0.1) is 0 Å². The van der Waals surface area contributed by atoms with E-state index in [1.165, 1.54) is 18.6 Å². The number of carbonyl (C=O) groups is 8. The average molecular weight is 1060 g/mol. The third kappa shape index (κ3) is 18.1. The zero-order valence-electron chi connectivity index (χ0n) is 43.7. The van der Waals surface area contributed by atoms with Crippen LogP contribution in [0.4, 0.5) is 0 Å². The average Bonchev–Trinajstić information content (AvgIpc) is 3.95. The van der Waals surface area contributed by atoms with E-state index in [4.69, 9.17) is 5.73 Å². The lowest BCUT2D eigenvalue weighted by Gasteiger charge is -2.34. The lowest BCUT2D eigenvalue weighted by molar-refractivity contribution is -0.148. The van der Waals surface area contributed by atoms with Gasteiger partial charge in [0.05, 0.1) is 24.7 Å². The van der Waals surface area contributed by atoms with E-state index in [0.29, 0.717) is 24.7 Å². The number of aliphatic hydroxyl groups excluding tert-OH is 7. The van der Waals surface area contributed by atoms with Crippen LogP contribution in [0, 0.1) is 17.8 Å². The topological polar surface area (TPSA) is 391 Å². The molecule has 0 spiro atoms. The molecule has 0 saturated carbocycles. The molecule has 0 radical (unpaired) electrons. The number of primary amides is 1.